The second-order valence-electron chi connectivity index (χ2n) is 7.82. The third kappa shape index (κ3) is 4.50. The van der Waals surface area contributed by atoms with Gasteiger partial charge >= 0.3 is 0 Å². The lowest BCUT2D eigenvalue weighted by molar-refractivity contribution is -0.134. The van der Waals surface area contributed by atoms with Gasteiger partial charge in [0.15, 0.2) is 9.88 Å². The van der Waals surface area contributed by atoms with Crippen molar-refractivity contribution in [1.82, 2.24) is 14.8 Å². The second kappa shape index (κ2) is 10.0. The molecule has 0 spiro atoms. The number of piperazine rings is 1. The van der Waals surface area contributed by atoms with Gasteiger partial charge in [0.25, 0.3) is 5.91 Å². The van der Waals surface area contributed by atoms with Crippen LogP contribution in [-0.2, 0) is 19.6 Å². The van der Waals surface area contributed by atoms with Crippen LogP contribution in [0.1, 0.15) is 18.4 Å². The van der Waals surface area contributed by atoms with Crippen LogP contribution in [0.3, 0.4) is 0 Å². The van der Waals surface area contributed by atoms with E-state index in [0.717, 1.165) is 15.6 Å². The Kier molecular flexibility index (Phi) is 7.79. The molecule has 0 unspecified atom stereocenters. The summed E-state index contributed by atoms with van der Waals surface area (Å²) in [7, 11) is -3.97. The highest BCUT2D eigenvalue weighted by Crippen LogP contribution is 2.35. The minimum absolute atomic E-state index is 0. The van der Waals surface area contributed by atoms with E-state index < -0.39 is 20.7 Å². The number of hydroxylamine groups is 1. The number of rotatable bonds is 5. The summed E-state index contributed by atoms with van der Waals surface area (Å²) < 4.78 is 31.7. The smallest absolute Gasteiger partial charge is 0.266 e. The number of hydrogen-bond acceptors (Lipinski definition) is 8. The van der Waals surface area contributed by atoms with Gasteiger partial charge in [-0.15, -0.1) is 12.4 Å². The van der Waals surface area contributed by atoms with Crippen LogP contribution in [0, 0.1) is 6.92 Å². The van der Waals surface area contributed by atoms with E-state index in [1.807, 2.05) is 31.3 Å². The van der Waals surface area contributed by atoms with Crippen molar-refractivity contribution in [2.45, 2.75) is 24.5 Å². The molecular formula is C20H27ClN4O5S2. The van der Waals surface area contributed by atoms with Crippen molar-refractivity contribution in [3.63, 3.8) is 0 Å². The summed E-state index contributed by atoms with van der Waals surface area (Å²) in [6, 6.07) is 8.23. The van der Waals surface area contributed by atoms with Gasteiger partial charge in [-0.2, -0.15) is 4.31 Å². The number of amides is 1. The summed E-state index contributed by atoms with van der Waals surface area (Å²) >= 11 is 1.58. The first kappa shape index (κ1) is 24.9. The van der Waals surface area contributed by atoms with Crippen LogP contribution in [0.2, 0.25) is 0 Å². The molecule has 2 aliphatic rings. The number of sulfonamides is 1. The number of carbonyl (C=O) groups excluding carboxylic acids is 1. The molecule has 12 heteroatoms. The fraction of sp³-hybridized carbons (Fsp3) is 0.500. The van der Waals surface area contributed by atoms with Crippen molar-refractivity contribution in [2.75, 3.05) is 44.3 Å². The van der Waals surface area contributed by atoms with E-state index in [1.165, 1.54) is 9.87 Å². The fourth-order valence-corrected chi connectivity index (χ4v) is 7.18. The monoisotopic (exact) mass is 502 g/mol. The van der Waals surface area contributed by atoms with Gasteiger partial charge < -0.3 is 9.64 Å². The van der Waals surface area contributed by atoms with E-state index in [9.17, 15) is 18.4 Å². The second-order valence-corrected chi connectivity index (χ2v) is 11.1. The molecule has 2 saturated heterocycles. The summed E-state index contributed by atoms with van der Waals surface area (Å²) in [5.41, 5.74) is 3.85. The molecular weight excluding hydrogens is 476 g/mol. The molecule has 0 aliphatic carbocycles. The maximum atomic E-state index is 13.4. The topological polar surface area (TPSA) is 112 Å². The molecule has 2 N–H and O–H groups in total. The third-order valence-electron chi connectivity index (χ3n) is 5.95. The lowest BCUT2D eigenvalue weighted by Gasteiger charge is -2.41. The molecule has 32 heavy (non-hydrogen) atoms. The first-order valence-electron chi connectivity index (χ1n) is 10.2. The Hall–Kier alpha value is -1.76. The molecule has 4 rings (SSSR count). The first-order chi connectivity index (χ1) is 14.9. The minimum Gasteiger partial charge on any atom is -0.381 e. The standard InChI is InChI=1S/C20H26N4O5S2.ClH/c1-15-3-2-4-16(13-15)17-14-21-19(30-17)23-7-9-24(10-8-23)31(27,28)20(18(25)22-26)5-11-29-12-6-20;/h2-4,13-14,26H,5-12H2,1H3,(H,22,25);1H. The van der Waals surface area contributed by atoms with Crippen molar-refractivity contribution >= 4 is 44.8 Å². The molecule has 2 fully saturated rings. The molecule has 2 aromatic rings. The molecule has 176 valence electrons. The van der Waals surface area contributed by atoms with E-state index in [4.69, 9.17) is 4.74 Å². The maximum absolute atomic E-state index is 13.4. The summed E-state index contributed by atoms with van der Waals surface area (Å²) in [5.74, 6) is -0.888. The van der Waals surface area contributed by atoms with Crippen LogP contribution in [0.4, 0.5) is 5.13 Å². The number of aryl methyl sites for hydroxylation is 1. The largest absolute Gasteiger partial charge is 0.381 e. The van der Waals surface area contributed by atoms with E-state index in [-0.39, 0.29) is 51.6 Å². The predicted molar refractivity (Wildman–Crippen MR) is 125 cm³/mol. The Labute approximate surface area is 197 Å². The molecule has 0 saturated carbocycles. The molecule has 1 aromatic carbocycles. The Bertz CT molecular complexity index is 1050. The normalized spacial score (nSPS) is 19.2. The van der Waals surface area contributed by atoms with Crippen molar-refractivity contribution in [2.24, 2.45) is 0 Å². The fourth-order valence-electron chi connectivity index (χ4n) is 4.11. The van der Waals surface area contributed by atoms with Crippen molar-refractivity contribution in [1.29, 1.82) is 0 Å². The Morgan fingerprint density at radius 2 is 1.91 bits per heavy atom. The zero-order valence-corrected chi connectivity index (χ0v) is 20.1. The number of anilines is 1. The summed E-state index contributed by atoms with van der Waals surface area (Å²) in [5, 5.41) is 10.0. The molecule has 3 heterocycles. The van der Waals surface area contributed by atoms with E-state index in [0.29, 0.717) is 13.1 Å². The molecule has 0 radical (unpaired) electrons. The van der Waals surface area contributed by atoms with Crippen LogP contribution in [-0.4, -0.2) is 73.0 Å². The highest BCUT2D eigenvalue weighted by Gasteiger charge is 2.54. The number of nitrogens with one attached hydrogen (secondary N) is 1. The highest BCUT2D eigenvalue weighted by molar-refractivity contribution is 7.91. The Balaban J connectivity index is 0.00000289. The average molecular weight is 503 g/mol. The maximum Gasteiger partial charge on any atom is 0.266 e. The lowest BCUT2D eigenvalue weighted by Crippen LogP contribution is -2.62. The van der Waals surface area contributed by atoms with E-state index >= 15 is 0 Å². The summed E-state index contributed by atoms with van der Waals surface area (Å²) in [6.45, 7) is 3.83. The Morgan fingerprint density at radius 1 is 1.22 bits per heavy atom. The van der Waals surface area contributed by atoms with Crippen molar-refractivity contribution in [3.8, 4) is 10.4 Å². The molecule has 9 nitrogen and oxygen atoms in total. The number of ether oxygens (including phenoxy) is 1. The number of thiazole rings is 1. The number of nitrogens with zero attached hydrogens (tertiary/aromatic N) is 3. The zero-order valence-electron chi connectivity index (χ0n) is 17.7. The van der Waals surface area contributed by atoms with Crippen LogP contribution in [0.5, 0.6) is 0 Å². The van der Waals surface area contributed by atoms with Crippen LogP contribution >= 0.6 is 23.7 Å². The van der Waals surface area contributed by atoms with Crippen LogP contribution in [0.15, 0.2) is 30.5 Å². The number of hydrogen-bond donors (Lipinski definition) is 2. The minimum atomic E-state index is -3.97. The summed E-state index contributed by atoms with van der Waals surface area (Å²) in [4.78, 5) is 20.1. The average Bonchev–Trinajstić information content (AvgIpc) is 3.29. The molecule has 0 atom stereocenters. The Morgan fingerprint density at radius 3 is 2.53 bits per heavy atom. The quantitative estimate of drug-likeness (QED) is 0.475. The number of benzene rings is 1. The van der Waals surface area contributed by atoms with Crippen LogP contribution in [0.25, 0.3) is 10.4 Å². The molecule has 2 aliphatic heterocycles. The van der Waals surface area contributed by atoms with Gasteiger partial charge in [0.05, 0.1) is 4.88 Å². The van der Waals surface area contributed by atoms with Crippen molar-refractivity contribution in [3.05, 3.63) is 36.0 Å². The third-order valence-corrected chi connectivity index (χ3v) is 9.69. The van der Waals surface area contributed by atoms with Gasteiger partial charge in [0.2, 0.25) is 10.0 Å². The zero-order chi connectivity index (χ0) is 22.1. The molecule has 1 aromatic heterocycles. The van der Waals surface area contributed by atoms with Gasteiger partial charge in [-0.25, -0.2) is 18.9 Å². The van der Waals surface area contributed by atoms with Gasteiger partial charge in [0.1, 0.15) is 0 Å². The molecule has 1 amide bonds. The van der Waals surface area contributed by atoms with Crippen LogP contribution < -0.4 is 10.4 Å². The lowest BCUT2D eigenvalue weighted by atomic mass is 9.98. The SMILES string of the molecule is Cc1cccc(-c2cnc(N3CCN(S(=O)(=O)C4(C(=O)NO)CCOCC4)CC3)s2)c1.Cl. The first-order valence-corrected chi connectivity index (χ1v) is 12.4. The number of carbonyl (C=O) groups is 1. The van der Waals surface area contributed by atoms with Crippen molar-refractivity contribution < 1.29 is 23.2 Å². The number of halogens is 1. The summed E-state index contributed by atoms with van der Waals surface area (Å²) in [6.07, 6.45) is 1.89. The van der Waals surface area contributed by atoms with Gasteiger partial charge in [-0.05, 0) is 12.5 Å². The van der Waals surface area contributed by atoms with Gasteiger partial charge in [-0.1, -0.05) is 41.2 Å². The van der Waals surface area contributed by atoms with E-state index in [1.54, 1.807) is 16.8 Å². The molecule has 0 bridgehead atoms. The number of aromatic nitrogens is 1. The predicted octanol–water partition coefficient (Wildman–Crippen LogP) is 2.05. The van der Waals surface area contributed by atoms with Gasteiger partial charge in [0, 0.05) is 58.4 Å². The highest BCUT2D eigenvalue weighted by atomic mass is 35.5. The van der Waals surface area contributed by atoms with Gasteiger partial charge in [-0.3, -0.25) is 10.0 Å². The van der Waals surface area contributed by atoms with E-state index in [2.05, 4.69) is 16.0 Å².